The summed E-state index contributed by atoms with van der Waals surface area (Å²) < 4.78 is 14.3. The number of halogens is 2. The molecule has 0 unspecified atom stereocenters. The van der Waals surface area contributed by atoms with Crippen LogP contribution in [0.4, 0.5) is 4.39 Å². The second kappa shape index (κ2) is 5.07. The van der Waals surface area contributed by atoms with Crippen molar-refractivity contribution in [2.45, 2.75) is 6.54 Å². The lowest BCUT2D eigenvalue weighted by Crippen LogP contribution is -2.09. The molecule has 0 atom stereocenters. The molecule has 1 heterocycles. The predicted octanol–water partition coefficient (Wildman–Crippen LogP) is 3.46. The van der Waals surface area contributed by atoms with Crippen LogP contribution in [0.2, 0.25) is 0 Å². The fourth-order valence-corrected chi connectivity index (χ4v) is 1.71. The van der Waals surface area contributed by atoms with Crippen molar-refractivity contribution in [2.24, 2.45) is 4.99 Å². The third kappa shape index (κ3) is 2.79. The highest BCUT2D eigenvalue weighted by atomic mass is 79.9. The van der Waals surface area contributed by atoms with Gasteiger partial charge in [-0.2, -0.15) is 0 Å². The van der Waals surface area contributed by atoms with E-state index in [0.29, 0.717) is 12.1 Å². The molecule has 1 aromatic carbocycles. The molecule has 0 fully saturated rings. The standard InChI is InChI=1S/C12H10BrFN2/c13-11-3-2-10(12(14)8-11)9-16-6-1-4-15-5-7-16/h1-8H,9H2. The number of hydrogen-bond acceptors (Lipinski definition) is 2. The second-order valence-corrected chi connectivity index (χ2v) is 4.26. The highest BCUT2D eigenvalue weighted by Crippen LogP contribution is 2.17. The van der Waals surface area contributed by atoms with Crippen LogP contribution in [0.1, 0.15) is 5.56 Å². The third-order valence-corrected chi connectivity index (χ3v) is 2.66. The smallest absolute Gasteiger partial charge is 0.129 e. The Labute approximate surface area is 102 Å². The van der Waals surface area contributed by atoms with Crippen LogP contribution in [0.3, 0.4) is 0 Å². The van der Waals surface area contributed by atoms with Crippen LogP contribution < -0.4 is 0 Å². The number of aliphatic imine (C=N–C) groups is 1. The summed E-state index contributed by atoms with van der Waals surface area (Å²) in [7, 11) is 0. The van der Waals surface area contributed by atoms with Gasteiger partial charge in [-0.3, -0.25) is 4.99 Å². The quantitative estimate of drug-likeness (QED) is 0.810. The molecule has 1 aromatic rings. The summed E-state index contributed by atoms with van der Waals surface area (Å²) in [5.41, 5.74) is 0.652. The molecule has 1 aliphatic heterocycles. The van der Waals surface area contributed by atoms with E-state index in [1.165, 1.54) is 6.07 Å². The van der Waals surface area contributed by atoms with Crippen molar-refractivity contribution in [3.63, 3.8) is 0 Å². The summed E-state index contributed by atoms with van der Waals surface area (Å²) in [6.07, 6.45) is 8.85. The van der Waals surface area contributed by atoms with E-state index >= 15 is 0 Å². The Hall–Kier alpha value is -1.42. The first-order valence-corrected chi connectivity index (χ1v) is 5.61. The van der Waals surface area contributed by atoms with Gasteiger partial charge in [0.2, 0.25) is 0 Å². The second-order valence-electron chi connectivity index (χ2n) is 3.35. The van der Waals surface area contributed by atoms with Gasteiger partial charge in [0.05, 0.1) is 0 Å². The van der Waals surface area contributed by atoms with Crippen LogP contribution in [-0.2, 0) is 6.54 Å². The molecule has 4 heteroatoms. The summed E-state index contributed by atoms with van der Waals surface area (Å²) in [4.78, 5) is 5.84. The number of rotatable bonds is 2. The predicted molar refractivity (Wildman–Crippen MR) is 66.4 cm³/mol. The minimum Gasteiger partial charge on any atom is -0.348 e. The third-order valence-electron chi connectivity index (χ3n) is 2.16. The van der Waals surface area contributed by atoms with E-state index in [1.807, 2.05) is 29.4 Å². The van der Waals surface area contributed by atoms with Crippen LogP contribution in [0.25, 0.3) is 0 Å². The lowest BCUT2D eigenvalue weighted by molar-refractivity contribution is 0.480. The average Bonchev–Trinajstić information content (AvgIpc) is 2.51. The molecule has 82 valence electrons. The van der Waals surface area contributed by atoms with E-state index in [-0.39, 0.29) is 5.82 Å². The maximum atomic E-state index is 13.6. The fourth-order valence-electron chi connectivity index (χ4n) is 1.37. The maximum Gasteiger partial charge on any atom is 0.129 e. The Morgan fingerprint density at radius 3 is 3.00 bits per heavy atom. The maximum absolute atomic E-state index is 13.6. The molecule has 16 heavy (non-hydrogen) atoms. The lowest BCUT2D eigenvalue weighted by atomic mass is 10.2. The molecule has 0 aromatic heterocycles. The first kappa shape index (κ1) is 11.1. The van der Waals surface area contributed by atoms with E-state index in [9.17, 15) is 4.39 Å². The van der Waals surface area contributed by atoms with E-state index < -0.39 is 0 Å². The van der Waals surface area contributed by atoms with Crippen molar-refractivity contribution in [3.8, 4) is 0 Å². The summed E-state index contributed by atoms with van der Waals surface area (Å²) in [6.45, 7) is 0.496. The molecule has 2 rings (SSSR count). The monoisotopic (exact) mass is 280 g/mol. The van der Waals surface area contributed by atoms with Crippen LogP contribution in [-0.4, -0.2) is 11.1 Å². The minimum atomic E-state index is -0.207. The summed E-state index contributed by atoms with van der Waals surface area (Å²) in [6, 6.07) is 5.07. The fraction of sp³-hybridized carbons (Fsp3) is 0.0833. The molecule has 1 aliphatic rings. The minimum absolute atomic E-state index is 0.207. The van der Waals surface area contributed by atoms with Crippen molar-refractivity contribution in [1.29, 1.82) is 0 Å². The molecular formula is C12H10BrFN2. The van der Waals surface area contributed by atoms with Gasteiger partial charge in [0.15, 0.2) is 0 Å². The zero-order valence-electron chi connectivity index (χ0n) is 8.48. The number of hydrogen-bond donors (Lipinski definition) is 0. The molecule has 0 bridgehead atoms. The summed E-state index contributed by atoms with van der Waals surface area (Å²) in [5.74, 6) is -0.207. The lowest BCUT2D eigenvalue weighted by Gasteiger charge is -2.14. The SMILES string of the molecule is Fc1cc(Br)ccc1CN1C=CC=NC=C1. The number of benzene rings is 1. The van der Waals surface area contributed by atoms with Crippen LogP contribution >= 0.6 is 15.9 Å². The van der Waals surface area contributed by atoms with Gasteiger partial charge in [0.25, 0.3) is 0 Å². The Balaban J connectivity index is 2.14. The van der Waals surface area contributed by atoms with Crippen molar-refractivity contribution in [1.82, 2.24) is 4.90 Å². The number of allylic oxidation sites excluding steroid dienone is 1. The molecule has 0 N–H and O–H groups in total. The molecule has 0 aliphatic carbocycles. The van der Waals surface area contributed by atoms with Gasteiger partial charge in [0.1, 0.15) is 5.82 Å². The molecule has 2 nitrogen and oxygen atoms in total. The Bertz CT molecular complexity index is 450. The zero-order chi connectivity index (χ0) is 11.4. The number of nitrogens with zero attached hydrogens (tertiary/aromatic N) is 2. The zero-order valence-corrected chi connectivity index (χ0v) is 10.1. The molecule has 0 spiro atoms. The van der Waals surface area contributed by atoms with Crippen LogP contribution in [0, 0.1) is 5.82 Å². The first-order valence-electron chi connectivity index (χ1n) is 4.82. The topological polar surface area (TPSA) is 15.6 Å². The Morgan fingerprint density at radius 1 is 1.31 bits per heavy atom. The first-order chi connectivity index (χ1) is 7.75. The normalized spacial score (nSPS) is 14.2. The summed E-state index contributed by atoms with van der Waals surface area (Å²) >= 11 is 3.23. The molecule has 0 saturated heterocycles. The van der Waals surface area contributed by atoms with Gasteiger partial charge in [-0.25, -0.2) is 4.39 Å². The van der Waals surface area contributed by atoms with Crippen molar-refractivity contribution >= 4 is 22.1 Å². The molecule has 0 radical (unpaired) electrons. The van der Waals surface area contributed by atoms with Crippen molar-refractivity contribution in [3.05, 3.63) is 58.7 Å². The van der Waals surface area contributed by atoms with E-state index in [4.69, 9.17) is 0 Å². The van der Waals surface area contributed by atoms with Crippen LogP contribution in [0.5, 0.6) is 0 Å². The van der Waals surface area contributed by atoms with Gasteiger partial charge >= 0.3 is 0 Å². The van der Waals surface area contributed by atoms with Gasteiger partial charge in [-0.15, -0.1) is 0 Å². The highest BCUT2D eigenvalue weighted by Gasteiger charge is 2.05. The molecule has 0 amide bonds. The Morgan fingerprint density at radius 2 is 2.19 bits per heavy atom. The average molecular weight is 281 g/mol. The van der Waals surface area contributed by atoms with Gasteiger partial charge in [0, 0.05) is 41.4 Å². The molecule has 0 saturated carbocycles. The molecular weight excluding hydrogens is 271 g/mol. The van der Waals surface area contributed by atoms with E-state index in [1.54, 1.807) is 18.5 Å². The van der Waals surface area contributed by atoms with Crippen molar-refractivity contribution in [2.75, 3.05) is 0 Å². The van der Waals surface area contributed by atoms with Crippen molar-refractivity contribution < 1.29 is 4.39 Å². The van der Waals surface area contributed by atoms with Gasteiger partial charge < -0.3 is 4.90 Å². The Kier molecular flexibility index (Phi) is 3.51. The summed E-state index contributed by atoms with van der Waals surface area (Å²) in [5, 5.41) is 0. The van der Waals surface area contributed by atoms with E-state index in [0.717, 1.165) is 4.47 Å². The van der Waals surface area contributed by atoms with Gasteiger partial charge in [-0.05, 0) is 18.2 Å². The highest BCUT2D eigenvalue weighted by molar-refractivity contribution is 9.10. The largest absolute Gasteiger partial charge is 0.348 e. The van der Waals surface area contributed by atoms with Crippen LogP contribution in [0.15, 0.2) is 52.3 Å². The van der Waals surface area contributed by atoms with E-state index in [2.05, 4.69) is 20.9 Å². The van der Waals surface area contributed by atoms with Gasteiger partial charge in [-0.1, -0.05) is 22.0 Å².